The maximum atomic E-state index is 11.6. The lowest BCUT2D eigenvalue weighted by Crippen LogP contribution is -2.11. The van der Waals surface area contributed by atoms with Gasteiger partial charge in [-0.1, -0.05) is 0 Å². The first kappa shape index (κ1) is 11.3. The number of rotatable bonds is 4. The molecule has 0 fully saturated rings. The zero-order valence-electron chi connectivity index (χ0n) is 7.60. The summed E-state index contributed by atoms with van der Waals surface area (Å²) >= 11 is 5.38. The molecule has 78 valence electrons. The largest absolute Gasteiger partial charge is 0.494 e. The fourth-order valence-electron chi connectivity index (χ4n) is 0.963. The monoisotopic (exact) mass is 235 g/mol. The molecule has 0 atom stereocenters. The number of methoxy groups -OCH3 is 1. The summed E-state index contributed by atoms with van der Waals surface area (Å²) < 4.78 is 28.1. The number of halogens is 1. The minimum atomic E-state index is -3.42. The Hall–Kier alpha value is -0.810. The van der Waals surface area contributed by atoms with Gasteiger partial charge in [-0.05, 0) is 12.1 Å². The van der Waals surface area contributed by atoms with Gasteiger partial charge in [0.2, 0.25) is 9.84 Å². The summed E-state index contributed by atoms with van der Waals surface area (Å²) in [5.74, 6) is 0.155. The maximum Gasteiger partial charge on any atom is 0.200 e. The Bertz CT molecular complexity index is 405. The third-order valence-electron chi connectivity index (χ3n) is 1.60. The van der Waals surface area contributed by atoms with Crippen LogP contribution in [0.15, 0.2) is 23.4 Å². The molecule has 1 aromatic rings. The molecule has 0 saturated carbocycles. The fourth-order valence-corrected chi connectivity index (χ4v) is 2.65. The summed E-state index contributed by atoms with van der Waals surface area (Å²) in [5.41, 5.74) is 0. The molecule has 0 aromatic carbocycles. The second-order valence-corrected chi connectivity index (χ2v) is 4.92. The molecule has 4 nitrogen and oxygen atoms in total. The van der Waals surface area contributed by atoms with Crippen molar-refractivity contribution in [2.24, 2.45) is 0 Å². The molecule has 0 bridgehead atoms. The Labute approximate surface area is 87.8 Å². The van der Waals surface area contributed by atoms with Crippen LogP contribution in [0.2, 0.25) is 0 Å². The summed E-state index contributed by atoms with van der Waals surface area (Å²) in [7, 11) is -2.02. The van der Waals surface area contributed by atoms with Crippen molar-refractivity contribution in [3.8, 4) is 5.75 Å². The molecule has 0 aliphatic rings. The number of nitrogens with zero attached hydrogens (tertiary/aromatic N) is 1. The first-order chi connectivity index (χ1) is 6.61. The average Bonchev–Trinajstić information content (AvgIpc) is 2.18. The smallest absolute Gasteiger partial charge is 0.200 e. The standard InChI is InChI=1S/C8H10ClNO3S/c1-13-7-3-2-5-10-8(7)14(11,12)6-4-9/h2-3,5H,4,6H2,1H3. The van der Waals surface area contributed by atoms with Crippen molar-refractivity contribution >= 4 is 21.4 Å². The number of ether oxygens (including phenoxy) is 1. The molecule has 0 saturated heterocycles. The van der Waals surface area contributed by atoms with Gasteiger partial charge in [-0.2, -0.15) is 0 Å². The molecule has 14 heavy (non-hydrogen) atoms. The fraction of sp³-hybridized carbons (Fsp3) is 0.375. The van der Waals surface area contributed by atoms with Gasteiger partial charge in [0, 0.05) is 12.1 Å². The normalized spacial score (nSPS) is 11.3. The summed E-state index contributed by atoms with van der Waals surface area (Å²) in [5, 5.41) is -0.0526. The SMILES string of the molecule is COc1cccnc1S(=O)(=O)CCCl. The number of aromatic nitrogens is 1. The van der Waals surface area contributed by atoms with Crippen molar-refractivity contribution in [1.82, 2.24) is 4.98 Å². The van der Waals surface area contributed by atoms with E-state index in [4.69, 9.17) is 16.3 Å². The number of hydrogen-bond donors (Lipinski definition) is 0. The number of pyridine rings is 1. The number of hydrogen-bond acceptors (Lipinski definition) is 4. The van der Waals surface area contributed by atoms with Gasteiger partial charge < -0.3 is 4.74 Å². The van der Waals surface area contributed by atoms with E-state index in [1.54, 1.807) is 12.1 Å². The third kappa shape index (κ3) is 2.36. The van der Waals surface area contributed by atoms with E-state index in [9.17, 15) is 8.42 Å². The van der Waals surface area contributed by atoms with Gasteiger partial charge in [-0.15, -0.1) is 11.6 Å². The van der Waals surface area contributed by atoms with Crippen LogP contribution in [0.1, 0.15) is 0 Å². The van der Waals surface area contributed by atoms with Gasteiger partial charge in [-0.3, -0.25) is 0 Å². The second-order valence-electron chi connectivity index (χ2n) is 2.52. The van der Waals surface area contributed by atoms with Crippen LogP contribution in [0.25, 0.3) is 0 Å². The molecule has 0 spiro atoms. The van der Waals surface area contributed by atoms with Crippen LogP contribution in [0, 0.1) is 0 Å². The number of sulfone groups is 1. The summed E-state index contributed by atoms with van der Waals surface area (Å²) in [6.45, 7) is 0. The lowest BCUT2D eigenvalue weighted by molar-refractivity contribution is 0.398. The highest BCUT2D eigenvalue weighted by molar-refractivity contribution is 7.91. The molecule has 0 aliphatic heterocycles. The van der Waals surface area contributed by atoms with Crippen LogP contribution in [0.5, 0.6) is 5.75 Å². The Kier molecular flexibility index (Phi) is 3.71. The first-order valence-electron chi connectivity index (χ1n) is 3.89. The van der Waals surface area contributed by atoms with Crippen LogP contribution in [0.3, 0.4) is 0 Å². The molecule has 0 amide bonds. The molecule has 1 rings (SSSR count). The minimum Gasteiger partial charge on any atom is -0.494 e. The Morgan fingerprint density at radius 3 is 2.86 bits per heavy atom. The second kappa shape index (κ2) is 4.61. The van der Waals surface area contributed by atoms with Crippen molar-refractivity contribution < 1.29 is 13.2 Å². The van der Waals surface area contributed by atoms with E-state index in [1.165, 1.54) is 13.3 Å². The Balaban J connectivity index is 3.18. The van der Waals surface area contributed by atoms with Gasteiger partial charge in [0.15, 0.2) is 10.8 Å². The summed E-state index contributed by atoms with van der Waals surface area (Å²) in [4.78, 5) is 3.77. The van der Waals surface area contributed by atoms with Crippen LogP contribution < -0.4 is 4.74 Å². The van der Waals surface area contributed by atoms with Crippen molar-refractivity contribution in [3.63, 3.8) is 0 Å². The Morgan fingerprint density at radius 1 is 1.57 bits per heavy atom. The van der Waals surface area contributed by atoms with Crippen molar-refractivity contribution in [1.29, 1.82) is 0 Å². The van der Waals surface area contributed by atoms with Gasteiger partial charge in [0.25, 0.3) is 0 Å². The summed E-state index contributed by atoms with van der Waals surface area (Å²) in [6, 6.07) is 3.16. The number of alkyl halides is 1. The van der Waals surface area contributed by atoms with E-state index in [-0.39, 0.29) is 22.4 Å². The van der Waals surface area contributed by atoms with Crippen LogP contribution >= 0.6 is 11.6 Å². The minimum absolute atomic E-state index is 0.0437. The van der Waals surface area contributed by atoms with Crippen LogP contribution in [-0.2, 0) is 9.84 Å². The van der Waals surface area contributed by atoms with E-state index < -0.39 is 9.84 Å². The van der Waals surface area contributed by atoms with E-state index in [0.717, 1.165) is 0 Å². The lowest BCUT2D eigenvalue weighted by Gasteiger charge is -2.06. The molecule has 0 N–H and O–H groups in total. The maximum absolute atomic E-state index is 11.6. The highest BCUT2D eigenvalue weighted by atomic mass is 35.5. The first-order valence-corrected chi connectivity index (χ1v) is 6.08. The van der Waals surface area contributed by atoms with Crippen LogP contribution in [0.4, 0.5) is 0 Å². The highest BCUT2D eigenvalue weighted by Crippen LogP contribution is 2.21. The zero-order valence-corrected chi connectivity index (χ0v) is 9.18. The quantitative estimate of drug-likeness (QED) is 0.734. The molecule has 0 unspecified atom stereocenters. The summed E-state index contributed by atoms with van der Waals surface area (Å²) in [6.07, 6.45) is 1.41. The van der Waals surface area contributed by atoms with E-state index >= 15 is 0 Å². The van der Waals surface area contributed by atoms with E-state index in [0.29, 0.717) is 0 Å². The van der Waals surface area contributed by atoms with Gasteiger partial charge in [0.1, 0.15) is 0 Å². The van der Waals surface area contributed by atoms with Crippen molar-refractivity contribution in [3.05, 3.63) is 18.3 Å². The molecule has 0 radical (unpaired) electrons. The van der Waals surface area contributed by atoms with Gasteiger partial charge in [0.05, 0.1) is 12.9 Å². The van der Waals surface area contributed by atoms with Crippen LogP contribution in [-0.4, -0.2) is 32.1 Å². The molecular formula is C8H10ClNO3S. The Morgan fingerprint density at radius 2 is 2.29 bits per heavy atom. The van der Waals surface area contributed by atoms with Crippen molar-refractivity contribution in [2.75, 3.05) is 18.7 Å². The van der Waals surface area contributed by atoms with Crippen molar-refractivity contribution in [2.45, 2.75) is 5.03 Å². The molecular weight excluding hydrogens is 226 g/mol. The predicted molar refractivity (Wildman–Crippen MR) is 53.6 cm³/mol. The highest BCUT2D eigenvalue weighted by Gasteiger charge is 2.19. The van der Waals surface area contributed by atoms with E-state index in [2.05, 4.69) is 4.98 Å². The molecule has 6 heteroatoms. The van der Waals surface area contributed by atoms with Gasteiger partial charge in [-0.25, -0.2) is 13.4 Å². The molecule has 1 aromatic heterocycles. The average molecular weight is 236 g/mol. The molecule has 1 heterocycles. The molecule has 0 aliphatic carbocycles. The topological polar surface area (TPSA) is 56.3 Å². The zero-order chi connectivity index (χ0) is 10.6. The van der Waals surface area contributed by atoms with Gasteiger partial charge >= 0.3 is 0 Å². The predicted octanol–water partition coefficient (Wildman–Crippen LogP) is 1.10. The van der Waals surface area contributed by atoms with E-state index in [1.807, 2.05) is 0 Å². The third-order valence-corrected chi connectivity index (χ3v) is 3.65. The lowest BCUT2D eigenvalue weighted by atomic mass is 10.5.